The largest absolute Gasteiger partial charge is 0.479 e. The Bertz CT molecular complexity index is 1100. The van der Waals surface area contributed by atoms with Gasteiger partial charge in [0.15, 0.2) is 30.3 Å². The predicted molar refractivity (Wildman–Crippen MR) is 134 cm³/mol. The number of carbonyl (C=O) groups excluding carboxylic acids is 5. The monoisotopic (exact) mass is 601 g/mol. The first kappa shape index (κ1) is 33.8. The number of ketones is 2. The second kappa shape index (κ2) is 15.5. The van der Waals surface area contributed by atoms with Crippen molar-refractivity contribution >= 4 is 43.7 Å². The number of carbonyl (C=O) groups is 6. The average molecular weight is 602 g/mol. The molecule has 0 radical (unpaired) electrons. The van der Waals surface area contributed by atoms with E-state index < -0.39 is 93.3 Å². The number of rotatable bonds is 15. The fourth-order valence-electron chi connectivity index (χ4n) is 3.83. The Hall–Kier alpha value is -3.42. The third kappa shape index (κ3) is 9.03. The molecule has 1 saturated heterocycles. The number of hydrogen-bond acceptors (Lipinski definition) is 15. The summed E-state index contributed by atoms with van der Waals surface area (Å²) in [5, 5.41) is 29.3. The molecule has 0 aromatic carbocycles. The molecule has 1 amide bonds. The summed E-state index contributed by atoms with van der Waals surface area (Å²) in [5.41, 5.74) is 0. The Balaban J connectivity index is 2.39. The minimum Gasteiger partial charge on any atom is -0.479 e. The lowest BCUT2D eigenvalue weighted by Crippen LogP contribution is -2.53. The highest BCUT2D eigenvalue weighted by Crippen LogP contribution is 2.40. The Morgan fingerprint density at radius 2 is 1.80 bits per heavy atom. The average Bonchev–Trinajstić information content (AvgIpc) is 3.19. The van der Waals surface area contributed by atoms with Gasteiger partial charge in [-0.1, -0.05) is 12.1 Å². The van der Waals surface area contributed by atoms with E-state index in [1.54, 1.807) is 26.8 Å². The molecule has 7 unspecified atom stereocenters. The van der Waals surface area contributed by atoms with Crippen LogP contribution in [0.2, 0.25) is 0 Å². The van der Waals surface area contributed by atoms with Gasteiger partial charge >= 0.3 is 23.8 Å². The van der Waals surface area contributed by atoms with Gasteiger partial charge in [0, 0.05) is 26.3 Å². The van der Waals surface area contributed by atoms with Crippen molar-refractivity contribution in [3.63, 3.8) is 0 Å². The minimum atomic E-state index is -2.05. The molecule has 7 atom stereocenters. The SMILES string of the molecule is CCCC(=O)C1N=NN(C2OC(COC(C(=O)O)P(NC(C)C)OCC#N)C(OC(C)=O)C2OC(C)=O)C(=O)C1=O. The van der Waals surface area contributed by atoms with Gasteiger partial charge in [0.25, 0.3) is 5.78 Å². The van der Waals surface area contributed by atoms with Gasteiger partial charge in [0.1, 0.15) is 21.0 Å². The molecule has 0 aliphatic carbocycles. The summed E-state index contributed by atoms with van der Waals surface area (Å²) in [7, 11) is -2.05. The summed E-state index contributed by atoms with van der Waals surface area (Å²) in [4.78, 5) is 73.7. The van der Waals surface area contributed by atoms with Gasteiger partial charge < -0.3 is 28.6 Å². The molecule has 17 nitrogen and oxygen atoms in total. The van der Waals surface area contributed by atoms with Crippen LogP contribution in [0.3, 0.4) is 0 Å². The first-order valence-electron chi connectivity index (χ1n) is 12.5. The van der Waals surface area contributed by atoms with E-state index >= 15 is 0 Å². The number of hydrogen-bond donors (Lipinski definition) is 2. The summed E-state index contributed by atoms with van der Waals surface area (Å²) < 4.78 is 27.3. The molecule has 41 heavy (non-hydrogen) atoms. The van der Waals surface area contributed by atoms with E-state index in [2.05, 4.69) is 15.4 Å². The zero-order valence-corrected chi connectivity index (χ0v) is 23.9. The van der Waals surface area contributed by atoms with Gasteiger partial charge in [-0.3, -0.25) is 29.1 Å². The molecule has 1 fully saturated rings. The second-order valence-corrected chi connectivity index (χ2v) is 10.8. The van der Waals surface area contributed by atoms with E-state index in [1.165, 1.54) is 0 Å². The number of Topliss-reactive ketones (excluding diaryl/α,β-unsaturated/α-hetero) is 2. The number of carboxylic acids is 1. The summed E-state index contributed by atoms with van der Waals surface area (Å²) in [5.74, 6) is -7.85. The van der Waals surface area contributed by atoms with Crippen molar-refractivity contribution in [3.8, 4) is 6.07 Å². The van der Waals surface area contributed by atoms with Crippen LogP contribution in [0.1, 0.15) is 47.5 Å². The summed E-state index contributed by atoms with van der Waals surface area (Å²) in [6.45, 7) is 6.22. The number of carboxylic acid groups (broad SMARTS) is 1. The van der Waals surface area contributed by atoms with Gasteiger partial charge in [0.05, 0.1) is 12.7 Å². The van der Waals surface area contributed by atoms with E-state index in [-0.39, 0.29) is 12.5 Å². The quantitative estimate of drug-likeness (QED) is 0.112. The third-order valence-corrected chi connectivity index (χ3v) is 7.33. The molecule has 2 N–H and O–H groups in total. The van der Waals surface area contributed by atoms with E-state index in [4.69, 9.17) is 28.7 Å². The second-order valence-electron chi connectivity index (χ2n) is 9.12. The Morgan fingerprint density at radius 3 is 2.34 bits per heavy atom. The van der Waals surface area contributed by atoms with Crippen molar-refractivity contribution < 1.29 is 57.3 Å². The Kier molecular flexibility index (Phi) is 12.8. The zero-order valence-electron chi connectivity index (χ0n) is 23.0. The fourth-order valence-corrected chi connectivity index (χ4v) is 5.30. The normalized spacial score (nSPS) is 25.5. The lowest BCUT2D eigenvalue weighted by molar-refractivity contribution is -0.175. The Labute approximate surface area is 236 Å². The topological polar surface area (TPSA) is 233 Å². The van der Waals surface area contributed by atoms with Crippen molar-refractivity contribution in [1.29, 1.82) is 5.26 Å². The van der Waals surface area contributed by atoms with Gasteiger partial charge in [-0.2, -0.15) is 15.4 Å². The molecular formula is C23H32N5O12P. The molecule has 0 saturated carbocycles. The molecule has 226 valence electrons. The van der Waals surface area contributed by atoms with Gasteiger partial charge in [-0.25, -0.2) is 4.79 Å². The maximum atomic E-state index is 12.9. The lowest BCUT2D eigenvalue weighted by atomic mass is 10.0. The predicted octanol–water partition coefficient (Wildman–Crippen LogP) is 0.368. The third-order valence-electron chi connectivity index (χ3n) is 5.36. The lowest BCUT2D eigenvalue weighted by Gasteiger charge is -2.29. The fraction of sp³-hybridized carbons (Fsp3) is 0.696. The molecule has 0 aromatic rings. The number of nitrogens with zero attached hydrogens (tertiary/aromatic N) is 4. The van der Waals surface area contributed by atoms with Crippen LogP contribution >= 0.6 is 8.30 Å². The smallest absolute Gasteiger partial charge is 0.341 e. The summed E-state index contributed by atoms with van der Waals surface area (Å²) >= 11 is 0. The van der Waals surface area contributed by atoms with Crippen LogP contribution in [0.5, 0.6) is 0 Å². The van der Waals surface area contributed by atoms with E-state index in [0.717, 1.165) is 13.8 Å². The first-order chi connectivity index (χ1) is 19.3. The summed E-state index contributed by atoms with van der Waals surface area (Å²) in [6.07, 6.45) is -5.60. The molecule has 0 spiro atoms. The van der Waals surface area contributed by atoms with Crippen LogP contribution in [0.25, 0.3) is 0 Å². The number of esters is 2. The first-order valence-corrected chi connectivity index (χ1v) is 13.9. The van der Waals surface area contributed by atoms with Crippen LogP contribution in [-0.2, 0) is 52.2 Å². The van der Waals surface area contributed by atoms with E-state index in [9.17, 15) is 33.9 Å². The standard InChI is InChI=1S/C23H32N5O12P/c1-6-7-14(31)16-17(32)20(33)28(27-25-16)21-19(39-13(5)30)18(38-12(4)29)15(40-21)10-36-23(22(34)35)41(26-11(2)3)37-9-8-24/h11,15-16,18-19,21,23,26H,6-7,9-10H2,1-5H3,(H,34,35). The minimum absolute atomic E-state index is 0.0102. The molecule has 0 bridgehead atoms. The van der Waals surface area contributed by atoms with Crippen molar-refractivity contribution in [2.24, 2.45) is 10.3 Å². The molecule has 0 aromatic heterocycles. The van der Waals surface area contributed by atoms with Gasteiger partial charge in [-0.15, -0.1) is 0 Å². The van der Waals surface area contributed by atoms with Gasteiger partial charge in [-0.05, 0) is 20.3 Å². The molecule has 2 rings (SSSR count). The number of ether oxygens (including phenoxy) is 4. The van der Waals surface area contributed by atoms with Crippen LogP contribution in [0.15, 0.2) is 10.3 Å². The number of nitrogens with one attached hydrogen (secondary N) is 1. The van der Waals surface area contributed by atoms with Crippen LogP contribution in [0.4, 0.5) is 0 Å². The van der Waals surface area contributed by atoms with Crippen molar-refractivity contribution in [2.45, 2.75) is 89.9 Å². The number of aliphatic carboxylic acids is 1. The van der Waals surface area contributed by atoms with Crippen molar-refractivity contribution in [3.05, 3.63) is 0 Å². The van der Waals surface area contributed by atoms with Gasteiger partial charge in [0.2, 0.25) is 5.85 Å². The van der Waals surface area contributed by atoms with Crippen molar-refractivity contribution in [1.82, 2.24) is 10.1 Å². The zero-order chi connectivity index (χ0) is 30.9. The highest BCUT2D eigenvalue weighted by molar-refractivity contribution is 7.52. The molecule has 2 aliphatic rings. The summed E-state index contributed by atoms with van der Waals surface area (Å²) in [6, 6.07) is -0.129. The Morgan fingerprint density at radius 1 is 1.17 bits per heavy atom. The van der Waals surface area contributed by atoms with Crippen LogP contribution in [-0.4, -0.2) is 101 Å². The highest BCUT2D eigenvalue weighted by Gasteiger charge is 2.55. The molecular weight excluding hydrogens is 569 g/mol. The maximum Gasteiger partial charge on any atom is 0.341 e. The van der Waals surface area contributed by atoms with E-state index in [0.29, 0.717) is 11.4 Å². The molecule has 18 heteroatoms. The maximum absolute atomic E-state index is 12.9. The van der Waals surface area contributed by atoms with Crippen molar-refractivity contribution in [2.75, 3.05) is 13.2 Å². The number of amides is 1. The molecule has 2 aliphatic heterocycles. The number of nitriles is 1. The van der Waals surface area contributed by atoms with Crippen LogP contribution < -0.4 is 5.09 Å². The molecule has 2 heterocycles. The van der Waals surface area contributed by atoms with Crippen LogP contribution in [0, 0.1) is 11.3 Å². The highest BCUT2D eigenvalue weighted by atomic mass is 31.2. The van der Waals surface area contributed by atoms with E-state index in [1.807, 2.05) is 0 Å².